The van der Waals surface area contributed by atoms with Gasteiger partial charge in [0.05, 0.1) is 16.1 Å². The average Bonchev–Trinajstić information content (AvgIpc) is 3.05. The fourth-order valence-electron chi connectivity index (χ4n) is 2.89. The van der Waals surface area contributed by atoms with Gasteiger partial charge < -0.3 is 5.32 Å². The van der Waals surface area contributed by atoms with Crippen LogP contribution in [0.15, 0.2) is 54.6 Å². The van der Waals surface area contributed by atoms with Crippen LogP contribution in [0.3, 0.4) is 0 Å². The molecule has 8 heteroatoms. The first-order chi connectivity index (χ1) is 13.4. The van der Waals surface area contributed by atoms with Crippen LogP contribution < -0.4 is 5.32 Å². The summed E-state index contributed by atoms with van der Waals surface area (Å²) < 4.78 is 41.4. The normalized spacial score (nSPS) is 11.0. The molecule has 0 radical (unpaired) electrons. The Morgan fingerprint density at radius 1 is 1.00 bits per heavy atom. The summed E-state index contributed by atoms with van der Waals surface area (Å²) >= 11 is 5.90. The van der Waals surface area contributed by atoms with E-state index in [9.17, 15) is 18.0 Å². The standard InChI is InChI=1S/C20H11ClF3N3O/c21-14-2-1-3-16(24)18(14)20(28)25-19-12-6-4-10(8-17(12)26-27-19)13-9-11(22)5-7-15(13)23/h1-9H,(H2,25,26,27,28). The number of benzene rings is 3. The maximum Gasteiger partial charge on any atom is 0.261 e. The average molecular weight is 402 g/mol. The molecule has 0 atom stereocenters. The predicted octanol–water partition coefficient (Wildman–Crippen LogP) is 5.55. The summed E-state index contributed by atoms with van der Waals surface area (Å²) in [5.41, 5.74) is 0.721. The lowest BCUT2D eigenvalue weighted by Gasteiger charge is -2.06. The highest BCUT2D eigenvalue weighted by molar-refractivity contribution is 6.34. The van der Waals surface area contributed by atoms with Gasteiger partial charge in [0.2, 0.25) is 0 Å². The molecule has 0 unspecified atom stereocenters. The van der Waals surface area contributed by atoms with E-state index in [0.29, 0.717) is 16.5 Å². The Bertz CT molecular complexity index is 1200. The van der Waals surface area contributed by atoms with E-state index in [1.807, 2.05) is 0 Å². The second-order valence-electron chi connectivity index (χ2n) is 6.01. The fourth-order valence-corrected chi connectivity index (χ4v) is 3.13. The van der Waals surface area contributed by atoms with Crippen molar-refractivity contribution in [2.45, 2.75) is 0 Å². The molecule has 1 heterocycles. The number of anilines is 1. The summed E-state index contributed by atoms with van der Waals surface area (Å²) in [6.45, 7) is 0. The molecule has 0 bridgehead atoms. The minimum atomic E-state index is -0.756. The SMILES string of the molecule is O=C(Nc1n[nH]c2cc(-c3cc(F)ccc3F)ccc12)c1c(F)cccc1Cl. The maximum atomic E-state index is 14.0. The predicted molar refractivity (Wildman–Crippen MR) is 101 cm³/mol. The van der Waals surface area contributed by atoms with Crippen LogP contribution in [0.4, 0.5) is 19.0 Å². The smallest absolute Gasteiger partial charge is 0.261 e. The molecule has 0 saturated carbocycles. The lowest BCUT2D eigenvalue weighted by atomic mass is 10.0. The van der Waals surface area contributed by atoms with Gasteiger partial charge in [0.15, 0.2) is 5.82 Å². The van der Waals surface area contributed by atoms with E-state index in [-0.39, 0.29) is 22.0 Å². The lowest BCUT2D eigenvalue weighted by Crippen LogP contribution is -2.14. The van der Waals surface area contributed by atoms with Crippen molar-refractivity contribution in [2.24, 2.45) is 0 Å². The number of hydrogen-bond donors (Lipinski definition) is 2. The molecule has 4 aromatic rings. The monoisotopic (exact) mass is 401 g/mol. The van der Waals surface area contributed by atoms with Gasteiger partial charge in [0.1, 0.15) is 17.5 Å². The van der Waals surface area contributed by atoms with Crippen molar-refractivity contribution in [3.05, 3.63) is 82.6 Å². The molecular weight excluding hydrogens is 391 g/mol. The molecule has 28 heavy (non-hydrogen) atoms. The van der Waals surface area contributed by atoms with Gasteiger partial charge in [-0.2, -0.15) is 5.10 Å². The molecule has 1 amide bonds. The Hall–Kier alpha value is -3.32. The molecule has 4 nitrogen and oxygen atoms in total. The number of carbonyl (C=O) groups is 1. The number of nitrogens with zero attached hydrogens (tertiary/aromatic N) is 1. The summed E-state index contributed by atoms with van der Waals surface area (Å²) in [6.07, 6.45) is 0. The summed E-state index contributed by atoms with van der Waals surface area (Å²) in [6, 6.07) is 11.8. The Kier molecular flexibility index (Phi) is 4.52. The van der Waals surface area contributed by atoms with Gasteiger partial charge in [0, 0.05) is 10.9 Å². The Morgan fingerprint density at radius 2 is 1.82 bits per heavy atom. The van der Waals surface area contributed by atoms with Crippen LogP contribution in [-0.4, -0.2) is 16.1 Å². The molecule has 0 spiro atoms. The third-order valence-corrected chi connectivity index (χ3v) is 4.54. The summed E-state index contributed by atoms with van der Waals surface area (Å²) in [7, 11) is 0. The number of halogens is 4. The maximum absolute atomic E-state index is 14.0. The van der Waals surface area contributed by atoms with Crippen molar-refractivity contribution < 1.29 is 18.0 Å². The highest BCUT2D eigenvalue weighted by Crippen LogP contribution is 2.30. The van der Waals surface area contributed by atoms with Crippen molar-refractivity contribution in [3.8, 4) is 11.1 Å². The number of rotatable bonds is 3. The molecule has 0 saturated heterocycles. The number of carbonyl (C=O) groups excluding carboxylic acids is 1. The zero-order chi connectivity index (χ0) is 19.8. The molecule has 2 N–H and O–H groups in total. The molecule has 0 aliphatic rings. The lowest BCUT2D eigenvalue weighted by molar-refractivity contribution is 0.102. The number of aromatic amines is 1. The molecule has 4 rings (SSSR count). The van der Waals surface area contributed by atoms with Crippen molar-refractivity contribution in [1.29, 1.82) is 0 Å². The van der Waals surface area contributed by atoms with Crippen molar-refractivity contribution in [1.82, 2.24) is 10.2 Å². The second-order valence-corrected chi connectivity index (χ2v) is 6.41. The van der Waals surface area contributed by atoms with E-state index in [2.05, 4.69) is 15.5 Å². The quantitative estimate of drug-likeness (QED) is 0.472. The van der Waals surface area contributed by atoms with E-state index in [1.54, 1.807) is 18.2 Å². The number of hydrogen-bond acceptors (Lipinski definition) is 2. The van der Waals surface area contributed by atoms with Crippen LogP contribution in [0.5, 0.6) is 0 Å². The highest BCUT2D eigenvalue weighted by Gasteiger charge is 2.18. The van der Waals surface area contributed by atoms with Gasteiger partial charge in [-0.3, -0.25) is 9.89 Å². The third-order valence-electron chi connectivity index (χ3n) is 4.22. The van der Waals surface area contributed by atoms with Gasteiger partial charge in [0.25, 0.3) is 5.91 Å². The van der Waals surface area contributed by atoms with E-state index in [1.165, 1.54) is 12.1 Å². The van der Waals surface area contributed by atoms with E-state index in [0.717, 1.165) is 24.3 Å². The second kappa shape index (κ2) is 7.01. The molecule has 3 aromatic carbocycles. The van der Waals surface area contributed by atoms with Crippen LogP contribution in [0.25, 0.3) is 22.0 Å². The van der Waals surface area contributed by atoms with E-state index < -0.39 is 23.4 Å². The molecular formula is C20H11ClF3N3O. The van der Waals surface area contributed by atoms with Gasteiger partial charge >= 0.3 is 0 Å². The Morgan fingerprint density at radius 3 is 2.61 bits per heavy atom. The van der Waals surface area contributed by atoms with Gasteiger partial charge in [-0.05, 0) is 48.0 Å². The Balaban J connectivity index is 1.69. The number of H-pyrrole nitrogens is 1. The van der Waals surface area contributed by atoms with Crippen molar-refractivity contribution in [3.63, 3.8) is 0 Å². The van der Waals surface area contributed by atoms with Crippen LogP contribution >= 0.6 is 11.6 Å². The summed E-state index contributed by atoms with van der Waals surface area (Å²) in [5, 5.41) is 9.71. The first-order valence-electron chi connectivity index (χ1n) is 8.13. The molecule has 0 fully saturated rings. The van der Waals surface area contributed by atoms with Crippen molar-refractivity contribution in [2.75, 3.05) is 5.32 Å². The van der Waals surface area contributed by atoms with Crippen LogP contribution in [0.1, 0.15) is 10.4 Å². The zero-order valence-corrected chi connectivity index (χ0v) is 14.8. The zero-order valence-electron chi connectivity index (χ0n) is 14.1. The van der Waals surface area contributed by atoms with Crippen LogP contribution in [0, 0.1) is 17.5 Å². The topological polar surface area (TPSA) is 57.8 Å². The highest BCUT2D eigenvalue weighted by atomic mass is 35.5. The Labute approximate surface area is 162 Å². The van der Waals surface area contributed by atoms with Crippen molar-refractivity contribution >= 4 is 34.2 Å². The summed E-state index contributed by atoms with van der Waals surface area (Å²) in [4.78, 5) is 12.4. The number of fused-ring (bicyclic) bond motifs is 1. The van der Waals surface area contributed by atoms with Gasteiger partial charge in [-0.15, -0.1) is 0 Å². The van der Waals surface area contributed by atoms with Crippen LogP contribution in [0.2, 0.25) is 5.02 Å². The van der Waals surface area contributed by atoms with Crippen LogP contribution in [-0.2, 0) is 0 Å². The number of aromatic nitrogens is 2. The fraction of sp³-hybridized carbons (Fsp3) is 0. The van der Waals surface area contributed by atoms with E-state index >= 15 is 0 Å². The minimum Gasteiger partial charge on any atom is -0.304 e. The van der Waals surface area contributed by atoms with Gasteiger partial charge in [-0.1, -0.05) is 23.7 Å². The molecule has 0 aliphatic heterocycles. The largest absolute Gasteiger partial charge is 0.304 e. The number of amides is 1. The molecule has 140 valence electrons. The van der Waals surface area contributed by atoms with E-state index in [4.69, 9.17) is 11.6 Å². The van der Waals surface area contributed by atoms with Gasteiger partial charge in [-0.25, -0.2) is 13.2 Å². The first-order valence-corrected chi connectivity index (χ1v) is 8.51. The molecule has 0 aliphatic carbocycles. The molecule has 1 aromatic heterocycles. The summed E-state index contributed by atoms with van der Waals surface area (Å²) in [5.74, 6) is -2.48. The number of nitrogens with one attached hydrogen (secondary N) is 2. The minimum absolute atomic E-state index is 0.0267. The first kappa shape index (κ1) is 18.1. The third kappa shape index (κ3) is 3.20.